The molecule has 0 bridgehead atoms. The lowest BCUT2D eigenvalue weighted by atomic mass is 9.91. The Balaban J connectivity index is 1.39. The molecular weight excluding hydrogens is 525 g/mol. The minimum atomic E-state index is -4.42. The number of thiazole rings is 1. The van der Waals surface area contributed by atoms with Crippen LogP contribution in [0.3, 0.4) is 0 Å². The van der Waals surface area contributed by atoms with Gasteiger partial charge in [0.05, 0.1) is 17.5 Å². The number of benzene rings is 1. The number of halogens is 4. The molecule has 0 N–H and O–H groups in total. The molecule has 5 rings (SSSR count). The molecule has 1 unspecified atom stereocenters. The Labute approximate surface area is 222 Å². The smallest absolute Gasteiger partial charge is 0.367 e. The fraction of sp³-hybridized carbons (Fsp3) is 0.480. The van der Waals surface area contributed by atoms with E-state index in [9.17, 15) is 18.0 Å². The fourth-order valence-corrected chi connectivity index (χ4v) is 6.30. The molecule has 37 heavy (non-hydrogen) atoms. The van der Waals surface area contributed by atoms with E-state index in [1.165, 1.54) is 17.4 Å². The van der Waals surface area contributed by atoms with E-state index in [1.54, 1.807) is 16.9 Å². The van der Waals surface area contributed by atoms with Gasteiger partial charge in [0.1, 0.15) is 10.9 Å². The number of nitrogens with zero attached hydrogens (tertiary/aromatic N) is 6. The van der Waals surface area contributed by atoms with Gasteiger partial charge in [-0.1, -0.05) is 22.9 Å². The molecule has 12 heteroatoms. The highest BCUT2D eigenvalue weighted by Gasteiger charge is 2.38. The highest BCUT2D eigenvalue weighted by atomic mass is 35.5. The van der Waals surface area contributed by atoms with Crippen LogP contribution in [-0.2, 0) is 30.5 Å². The molecular formula is C25H28ClF3N6OS. The molecule has 2 aliphatic heterocycles. The predicted molar refractivity (Wildman–Crippen MR) is 138 cm³/mol. The number of alkyl halides is 3. The second kappa shape index (κ2) is 9.83. The molecule has 0 spiro atoms. The molecule has 0 radical (unpaired) electrons. The van der Waals surface area contributed by atoms with Crippen LogP contribution in [0.25, 0.3) is 0 Å². The van der Waals surface area contributed by atoms with Gasteiger partial charge in [-0.05, 0) is 56.5 Å². The number of fused-ring (bicyclic) bond motifs is 1. The summed E-state index contributed by atoms with van der Waals surface area (Å²) in [6.45, 7) is 8.28. The van der Waals surface area contributed by atoms with Gasteiger partial charge in [0.2, 0.25) is 5.91 Å². The van der Waals surface area contributed by atoms with Gasteiger partial charge in [-0.2, -0.15) is 18.3 Å². The summed E-state index contributed by atoms with van der Waals surface area (Å²) in [5.41, 5.74) is 3.02. The van der Waals surface area contributed by atoms with Crippen molar-refractivity contribution in [3.63, 3.8) is 0 Å². The molecule has 1 fully saturated rings. The van der Waals surface area contributed by atoms with Gasteiger partial charge < -0.3 is 14.7 Å². The first-order valence-electron chi connectivity index (χ1n) is 12.1. The molecule has 1 amide bonds. The van der Waals surface area contributed by atoms with Crippen molar-refractivity contribution in [1.29, 1.82) is 0 Å². The molecule has 0 aliphatic carbocycles. The molecule has 4 heterocycles. The maximum absolute atomic E-state index is 13.9. The van der Waals surface area contributed by atoms with Gasteiger partial charge in [-0.15, -0.1) is 0 Å². The number of aryl methyl sites for hydroxylation is 2. The average Bonchev–Trinajstić information content (AvgIpc) is 3.41. The van der Waals surface area contributed by atoms with Crippen LogP contribution in [0.2, 0.25) is 4.34 Å². The number of hydrogen-bond donors (Lipinski definition) is 0. The third-order valence-electron chi connectivity index (χ3n) is 7.11. The molecule has 1 aromatic carbocycles. The Kier molecular flexibility index (Phi) is 6.86. The third kappa shape index (κ3) is 5.16. The number of amides is 1. The zero-order valence-corrected chi connectivity index (χ0v) is 22.4. The van der Waals surface area contributed by atoms with Crippen LogP contribution in [-0.4, -0.2) is 57.8 Å². The third-order valence-corrected chi connectivity index (χ3v) is 8.28. The van der Waals surface area contributed by atoms with Gasteiger partial charge in [-0.25, -0.2) is 4.98 Å². The SMILES string of the molecule is Cc1cc(C)n(CC(=O)N2CCN(c3ccc(C(F)(F)F)c4c3CN(c3ncc(Cl)s3)CC4)CC2C)n1. The molecule has 3 aromatic rings. The van der Waals surface area contributed by atoms with Gasteiger partial charge in [-0.3, -0.25) is 9.48 Å². The summed E-state index contributed by atoms with van der Waals surface area (Å²) in [4.78, 5) is 23.3. The summed E-state index contributed by atoms with van der Waals surface area (Å²) in [6.07, 6.45) is -2.59. The lowest BCUT2D eigenvalue weighted by molar-refractivity contribution is -0.138. The number of piperazine rings is 1. The number of aromatic nitrogens is 3. The van der Waals surface area contributed by atoms with Crippen molar-refractivity contribution in [3.05, 3.63) is 56.8 Å². The summed E-state index contributed by atoms with van der Waals surface area (Å²) < 4.78 is 43.9. The predicted octanol–water partition coefficient (Wildman–Crippen LogP) is 4.93. The minimum Gasteiger partial charge on any atom is -0.367 e. The maximum Gasteiger partial charge on any atom is 0.416 e. The van der Waals surface area contributed by atoms with Crippen molar-refractivity contribution in [1.82, 2.24) is 19.7 Å². The zero-order chi connectivity index (χ0) is 26.5. The first-order valence-corrected chi connectivity index (χ1v) is 13.3. The molecule has 198 valence electrons. The van der Waals surface area contributed by atoms with E-state index in [0.29, 0.717) is 53.3 Å². The molecule has 2 aliphatic rings. The number of carbonyl (C=O) groups excluding carboxylic acids is 1. The Bertz CT molecular complexity index is 1320. The van der Waals surface area contributed by atoms with Crippen molar-refractivity contribution in [2.75, 3.05) is 36.0 Å². The van der Waals surface area contributed by atoms with E-state index in [-0.39, 0.29) is 24.9 Å². The number of hydrogen-bond acceptors (Lipinski definition) is 6. The lowest BCUT2D eigenvalue weighted by Gasteiger charge is -2.43. The summed E-state index contributed by atoms with van der Waals surface area (Å²) in [6, 6.07) is 4.62. The normalized spacial score (nSPS) is 18.4. The van der Waals surface area contributed by atoms with E-state index >= 15 is 0 Å². The van der Waals surface area contributed by atoms with Crippen LogP contribution in [0, 0.1) is 13.8 Å². The first kappa shape index (κ1) is 25.8. The Morgan fingerprint density at radius 3 is 2.57 bits per heavy atom. The van der Waals surface area contributed by atoms with E-state index in [1.807, 2.05) is 36.6 Å². The van der Waals surface area contributed by atoms with Gasteiger partial charge in [0, 0.05) is 50.1 Å². The quantitative estimate of drug-likeness (QED) is 0.459. The standard InChI is InChI=1S/C25H28ClF3N6OS/c1-15-10-16(2)35(31-15)14-23(36)34-9-8-32(12-17(34)3)21-5-4-20(25(27,28)29)18-6-7-33(13-19(18)21)24-30-11-22(26)37-24/h4-5,10-11,17H,6-9,12-14H2,1-3H3. The van der Waals surface area contributed by atoms with Crippen molar-refractivity contribution in [2.45, 2.75) is 52.5 Å². The van der Waals surface area contributed by atoms with E-state index in [4.69, 9.17) is 11.6 Å². The van der Waals surface area contributed by atoms with Gasteiger partial charge >= 0.3 is 6.18 Å². The molecule has 0 saturated carbocycles. The van der Waals surface area contributed by atoms with Crippen molar-refractivity contribution in [2.24, 2.45) is 0 Å². The number of rotatable bonds is 4. The fourth-order valence-electron chi connectivity index (χ4n) is 5.38. The van der Waals surface area contributed by atoms with Crippen LogP contribution >= 0.6 is 22.9 Å². The largest absolute Gasteiger partial charge is 0.416 e. The van der Waals surface area contributed by atoms with E-state index in [2.05, 4.69) is 15.0 Å². The minimum absolute atomic E-state index is 0.0142. The second-order valence-electron chi connectivity index (χ2n) is 9.67. The molecule has 1 saturated heterocycles. The average molecular weight is 553 g/mol. The maximum atomic E-state index is 13.9. The van der Waals surface area contributed by atoms with Crippen molar-refractivity contribution < 1.29 is 18.0 Å². The Morgan fingerprint density at radius 2 is 1.95 bits per heavy atom. The molecule has 1 atom stereocenters. The summed E-state index contributed by atoms with van der Waals surface area (Å²) in [5.74, 6) is -0.0142. The van der Waals surface area contributed by atoms with Gasteiger partial charge in [0.15, 0.2) is 5.13 Å². The first-order chi connectivity index (χ1) is 17.5. The molecule has 7 nitrogen and oxygen atoms in total. The summed E-state index contributed by atoms with van der Waals surface area (Å²) in [5, 5.41) is 5.09. The highest BCUT2D eigenvalue weighted by molar-refractivity contribution is 7.19. The topological polar surface area (TPSA) is 57.5 Å². The van der Waals surface area contributed by atoms with Crippen LogP contribution in [0.5, 0.6) is 0 Å². The van der Waals surface area contributed by atoms with Crippen LogP contribution < -0.4 is 9.80 Å². The lowest BCUT2D eigenvalue weighted by Crippen LogP contribution is -2.55. The molecule has 2 aromatic heterocycles. The van der Waals surface area contributed by atoms with Gasteiger partial charge in [0.25, 0.3) is 0 Å². The van der Waals surface area contributed by atoms with Crippen LogP contribution in [0.4, 0.5) is 24.0 Å². The highest BCUT2D eigenvalue weighted by Crippen LogP contribution is 2.41. The van der Waals surface area contributed by atoms with E-state index in [0.717, 1.165) is 17.1 Å². The van der Waals surface area contributed by atoms with Crippen molar-refractivity contribution >= 4 is 39.7 Å². The summed E-state index contributed by atoms with van der Waals surface area (Å²) in [7, 11) is 0. The Morgan fingerprint density at radius 1 is 1.16 bits per heavy atom. The van der Waals surface area contributed by atoms with E-state index < -0.39 is 11.7 Å². The zero-order valence-electron chi connectivity index (χ0n) is 20.8. The van der Waals surface area contributed by atoms with Crippen LogP contribution in [0.1, 0.15) is 35.0 Å². The number of anilines is 2. The van der Waals surface area contributed by atoms with Crippen LogP contribution in [0.15, 0.2) is 24.4 Å². The second-order valence-corrected chi connectivity index (χ2v) is 11.3. The Hall–Kier alpha value is -2.79. The summed E-state index contributed by atoms with van der Waals surface area (Å²) >= 11 is 7.39. The number of carbonyl (C=O) groups is 1. The van der Waals surface area contributed by atoms with Crippen molar-refractivity contribution in [3.8, 4) is 0 Å². The monoisotopic (exact) mass is 552 g/mol.